The predicted octanol–water partition coefficient (Wildman–Crippen LogP) is 4.82. The first-order chi connectivity index (χ1) is 14.2. The summed E-state index contributed by atoms with van der Waals surface area (Å²) in [4.78, 5) is 0. The molecule has 0 amide bonds. The molecule has 4 rings (SSSR count). The first-order valence-electron chi connectivity index (χ1n) is 9.44. The fourth-order valence-corrected chi connectivity index (χ4v) is 3.66. The van der Waals surface area contributed by atoms with Crippen LogP contribution in [-0.4, -0.2) is 22.9 Å². The number of hydrazone groups is 1. The number of methoxy groups -OCH3 is 1. The van der Waals surface area contributed by atoms with Gasteiger partial charge in [-0.25, -0.2) is 0 Å². The lowest BCUT2D eigenvalue weighted by molar-refractivity contribution is 0.194. The summed E-state index contributed by atoms with van der Waals surface area (Å²) in [6.45, 7) is 0. The summed E-state index contributed by atoms with van der Waals surface area (Å²) in [6.07, 6.45) is 0.669. The van der Waals surface area contributed by atoms with Crippen molar-refractivity contribution in [3.8, 4) is 17.6 Å². The summed E-state index contributed by atoms with van der Waals surface area (Å²) in [5.41, 5.74) is 3.52. The molecular formula is C24H21N3O2. The van der Waals surface area contributed by atoms with Crippen molar-refractivity contribution in [1.29, 1.82) is 5.26 Å². The summed E-state index contributed by atoms with van der Waals surface area (Å²) >= 11 is 0. The van der Waals surface area contributed by atoms with Crippen molar-refractivity contribution in [2.75, 3.05) is 7.11 Å². The van der Waals surface area contributed by atoms with Crippen LogP contribution >= 0.6 is 0 Å². The van der Waals surface area contributed by atoms with E-state index in [2.05, 4.69) is 6.07 Å². The second-order valence-electron chi connectivity index (χ2n) is 6.88. The second kappa shape index (κ2) is 8.07. The minimum atomic E-state index is -0.697. The molecule has 2 atom stereocenters. The van der Waals surface area contributed by atoms with E-state index in [0.29, 0.717) is 12.0 Å². The van der Waals surface area contributed by atoms with Crippen LogP contribution in [0.5, 0.6) is 11.5 Å². The maximum atomic E-state index is 10.3. The van der Waals surface area contributed by atoms with E-state index in [1.54, 1.807) is 25.3 Å². The molecule has 144 valence electrons. The quantitative estimate of drug-likeness (QED) is 0.686. The number of phenols is 1. The van der Waals surface area contributed by atoms with Gasteiger partial charge in [-0.2, -0.15) is 10.4 Å². The van der Waals surface area contributed by atoms with Crippen LogP contribution in [0.15, 0.2) is 84.0 Å². The molecule has 0 aliphatic carbocycles. The van der Waals surface area contributed by atoms with Crippen molar-refractivity contribution in [3.63, 3.8) is 0 Å². The molecule has 1 aliphatic heterocycles. The van der Waals surface area contributed by atoms with Crippen molar-refractivity contribution < 1.29 is 9.84 Å². The molecule has 0 fully saturated rings. The number of benzene rings is 3. The predicted molar refractivity (Wildman–Crippen MR) is 112 cm³/mol. The average molecular weight is 383 g/mol. The zero-order valence-electron chi connectivity index (χ0n) is 16.1. The molecule has 3 aromatic carbocycles. The summed E-state index contributed by atoms with van der Waals surface area (Å²) in [5, 5.41) is 26.9. The van der Waals surface area contributed by atoms with Crippen LogP contribution in [0.25, 0.3) is 0 Å². The van der Waals surface area contributed by atoms with Gasteiger partial charge in [0.15, 0.2) is 6.04 Å². The average Bonchev–Trinajstić information content (AvgIpc) is 3.21. The highest BCUT2D eigenvalue weighted by Crippen LogP contribution is 2.40. The lowest BCUT2D eigenvalue weighted by Gasteiger charge is -2.28. The lowest BCUT2D eigenvalue weighted by Crippen LogP contribution is -2.24. The highest BCUT2D eigenvalue weighted by molar-refractivity contribution is 6.02. The molecule has 0 bridgehead atoms. The molecule has 3 aromatic rings. The van der Waals surface area contributed by atoms with Crippen molar-refractivity contribution in [2.24, 2.45) is 5.10 Å². The van der Waals surface area contributed by atoms with Crippen molar-refractivity contribution in [3.05, 3.63) is 95.6 Å². The smallest absolute Gasteiger partial charge is 0.162 e. The first kappa shape index (κ1) is 18.6. The van der Waals surface area contributed by atoms with Crippen LogP contribution in [0.1, 0.15) is 35.2 Å². The molecule has 5 nitrogen and oxygen atoms in total. The molecular weight excluding hydrogens is 362 g/mol. The Labute approximate surface area is 170 Å². The summed E-state index contributed by atoms with van der Waals surface area (Å²) in [6, 6.07) is 26.3. The van der Waals surface area contributed by atoms with Gasteiger partial charge in [0.05, 0.1) is 24.9 Å². The van der Waals surface area contributed by atoms with E-state index >= 15 is 0 Å². The maximum Gasteiger partial charge on any atom is 0.162 e. The molecule has 0 saturated carbocycles. The summed E-state index contributed by atoms with van der Waals surface area (Å²) < 4.78 is 5.25. The van der Waals surface area contributed by atoms with Gasteiger partial charge in [-0.1, -0.05) is 48.5 Å². The topological polar surface area (TPSA) is 68.8 Å². The molecule has 1 heterocycles. The molecule has 0 saturated heterocycles. The SMILES string of the molecule is COc1ccc(C2=NN([C@H](C#N)c3ccccc3O)[C@@H](c3ccccc3)C2)cc1. The van der Waals surface area contributed by atoms with E-state index in [1.165, 1.54) is 0 Å². The third-order valence-corrected chi connectivity index (χ3v) is 5.17. The zero-order valence-corrected chi connectivity index (χ0v) is 16.1. The Morgan fingerprint density at radius 1 is 1.03 bits per heavy atom. The van der Waals surface area contributed by atoms with Crippen LogP contribution in [0.4, 0.5) is 0 Å². The Hall–Kier alpha value is -3.78. The zero-order chi connectivity index (χ0) is 20.2. The minimum absolute atomic E-state index is 0.0963. The van der Waals surface area contributed by atoms with Gasteiger partial charge in [-0.05, 0) is 41.5 Å². The highest BCUT2D eigenvalue weighted by Gasteiger charge is 2.35. The van der Waals surface area contributed by atoms with E-state index in [9.17, 15) is 10.4 Å². The standard InChI is InChI=1S/C24H21N3O2/c1-29-19-13-11-17(12-14-19)21-15-22(18-7-3-2-4-8-18)27(26-21)23(16-25)20-9-5-6-10-24(20)28/h2-14,22-23,28H,15H2,1H3/t22-,23-/m1/s1. The molecule has 5 heteroatoms. The number of ether oxygens (including phenoxy) is 1. The van der Waals surface area contributed by atoms with Gasteiger partial charge in [0, 0.05) is 12.0 Å². The van der Waals surface area contributed by atoms with Crippen molar-refractivity contribution in [1.82, 2.24) is 5.01 Å². The van der Waals surface area contributed by atoms with E-state index < -0.39 is 6.04 Å². The summed E-state index contributed by atoms with van der Waals surface area (Å²) in [5.74, 6) is 0.881. The first-order valence-corrected chi connectivity index (χ1v) is 9.44. The monoisotopic (exact) mass is 383 g/mol. The van der Waals surface area contributed by atoms with Crippen LogP contribution in [-0.2, 0) is 0 Å². The Kier molecular flexibility index (Phi) is 5.17. The largest absolute Gasteiger partial charge is 0.508 e. The van der Waals surface area contributed by atoms with Crippen LogP contribution < -0.4 is 4.74 Å². The van der Waals surface area contributed by atoms with E-state index in [1.807, 2.05) is 65.7 Å². The van der Waals surface area contributed by atoms with Crippen LogP contribution in [0.3, 0.4) is 0 Å². The van der Waals surface area contributed by atoms with Gasteiger partial charge in [-0.15, -0.1) is 0 Å². The van der Waals surface area contributed by atoms with Gasteiger partial charge < -0.3 is 9.84 Å². The van der Waals surface area contributed by atoms with Gasteiger partial charge in [-0.3, -0.25) is 5.01 Å². The van der Waals surface area contributed by atoms with E-state index in [-0.39, 0.29) is 11.8 Å². The molecule has 0 unspecified atom stereocenters. The van der Waals surface area contributed by atoms with E-state index in [4.69, 9.17) is 9.84 Å². The molecule has 0 aromatic heterocycles. The highest BCUT2D eigenvalue weighted by atomic mass is 16.5. The number of nitriles is 1. The molecule has 29 heavy (non-hydrogen) atoms. The van der Waals surface area contributed by atoms with Crippen molar-refractivity contribution in [2.45, 2.75) is 18.5 Å². The Balaban J connectivity index is 1.76. The normalized spacial score (nSPS) is 16.8. The van der Waals surface area contributed by atoms with Gasteiger partial charge in [0.1, 0.15) is 11.5 Å². The number of hydrogen-bond acceptors (Lipinski definition) is 5. The second-order valence-corrected chi connectivity index (χ2v) is 6.88. The molecule has 0 radical (unpaired) electrons. The van der Waals surface area contributed by atoms with Gasteiger partial charge in [0.2, 0.25) is 0 Å². The Morgan fingerprint density at radius 2 is 1.72 bits per heavy atom. The third kappa shape index (κ3) is 3.65. The number of rotatable bonds is 5. The number of para-hydroxylation sites is 1. The number of phenolic OH excluding ortho intramolecular Hbond substituents is 1. The number of hydrogen-bond donors (Lipinski definition) is 1. The number of aromatic hydroxyl groups is 1. The molecule has 1 aliphatic rings. The lowest BCUT2D eigenvalue weighted by atomic mass is 9.96. The fourth-order valence-electron chi connectivity index (χ4n) is 3.66. The fraction of sp³-hybridized carbons (Fsp3) is 0.167. The minimum Gasteiger partial charge on any atom is -0.508 e. The number of nitrogens with zero attached hydrogens (tertiary/aromatic N) is 3. The van der Waals surface area contributed by atoms with Gasteiger partial charge >= 0.3 is 0 Å². The maximum absolute atomic E-state index is 10.3. The van der Waals surface area contributed by atoms with Gasteiger partial charge in [0.25, 0.3) is 0 Å². The van der Waals surface area contributed by atoms with E-state index in [0.717, 1.165) is 22.6 Å². The third-order valence-electron chi connectivity index (χ3n) is 5.17. The molecule has 1 N–H and O–H groups in total. The Morgan fingerprint density at radius 3 is 2.38 bits per heavy atom. The van der Waals surface area contributed by atoms with Crippen molar-refractivity contribution >= 4 is 5.71 Å². The Bertz CT molecular complexity index is 1060. The van der Waals surface area contributed by atoms with Crippen LogP contribution in [0, 0.1) is 11.3 Å². The molecule has 0 spiro atoms. The summed E-state index contributed by atoms with van der Waals surface area (Å²) in [7, 11) is 1.64. The van der Waals surface area contributed by atoms with Crippen LogP contribution in [0.2, 0.25) is 0 Å².